The largest absolute Gasteiger partial charge is 0.507 e. The summed E-state index contributed by atoms with van der Waals surface area (Å²) in [6.07, 6.45) is 5.55. The SMILES string of the molecule is C=CCn1c(SCC(=O)Nc2sc3c(c2C(=O)OCC)CCCC3)nnc1-c1ccccc1O. The second-order valence-electron chi connectivity index (χ2n) is 7.69. The van der Waals surface area contributed by atoms with E-state index in [1.165, 1.54) is 23.1 Å². The van der Waals surface area contributed by atoms with Gasteiger partial charge in [0.25, 0.3) is 0 Å². The van der Waals surface area contributed by atoms with E-state index in [4.69, 9.17) is 4.74 Å². The highest BCUT2D eigenvalue weighted by atomic mass is 32.2. The molecule has 178 valence electrons. The van der Waals surface area contributed by atoms with Crippen LogP contribution in [-0.2, 0) is 28.9 Å². The van der Waals surface area contributed by atoms with Crippen LogP contribution in [0, 0.1) is 0 Å². The molecular formula is C24H26N4O4S2. The monoisotopic (exact) mass is 498 g/mol. The van der Waals surface area contributed by atoms with Crippen molar-refractivity contribution in [2.45, 2.75) is 44.3 Å². The molecule has 1 aliphatic rings. The number of anilines is 1. The lowest BCUT2D eigenvalue weighted by molar-refractivity contribution is -0.113. The quantitative estimate of drug-likeness (QED) is 0.251. The van der Waals surface area contributed by atoms with Crippen molar-refractivity contribution in [2.75, 3.05) is 17.7 Å². The third-order valence-corrected chi connectivity index (χ3v) is 7.58. The third kappa shape index (κ3) is 5.02. The van der Waals surface area contributed by atoms with Crippen molar-refractivity contribution in [1.82, 2.24) is 14.8 Å². The molecule has 34 heavy (non-hydrogen) atoms. The Morgan fingerprint density at radius 2 is 2.09 bits per heavy atom. The minimum atomic E-state index is -0.386. The molecule has 0 spiro atoms. The van der Waals surface area contributed by atoms with E-state index in [1.54, 1.807) is 35.8 Å². The highest BCUT2D eigenvalue weighted by Crippen LogP contribution is 2.39. The first-order valence-corrected chi connectivity index (χ1v) is 12.9. The molecule has 1 aliphatic carbocycles. The number of hydrogen-bond acceptors (Lipinski definition) is 8. The molecule has 0 atom stereocenters. The standard InChI is InChI=1S/C24H26N4O4S2/c1-3-13-28-21(15-9-5-7-11-17(15)29)26-27-24(28)33-14-19(30)25-22-20(23(31)32-4-2)16-10-6-8-12-18(16)34-22/h3,5,7,9,11,29H,1,4,6,8,10,12-14H2,2H3,(H,25,30). The smallest absolute Gasteiger partial charge is 0.341 e. The Morgan fingerprint density at radius 1 is 1.29 bits per heavy atom. The third-order valence-electron chi connectivity index (χ3n) is 5.41. The Morgan fingerprint density at radius 3 is 2.85 bits per heavy atom. The Hall–Kier alpha value is -3.11. The fourth-order valence-corrected chi connectivity index (χ4v) is 5.96. The van der Waals surface area contributed by atoms with E-state index < -0.39 is 0 Å². The summed E-state index contributed by atoms with van der Waals surface area (Å²) < 4.78 is 7.06. The molecule has 4 rings (SSSR count). The number of phenolic OH excluding ortho intramolecular Hbond substituents is 1. The zero-order valence-corrected chi connectivity index (χ0v) is 20.5. The van der Waals surface area contributed by atoms with Crippen molar-refractivity contribution in [2.24, 2.45) is 0 Å². The summed E-state index contributed by atoms with van der Waals surface area (Å²) in [5.74, 6) is 0.0503. The maximum absolute atomic E-state index is 12.8. The van der Waals surface area contributed by atoms with Crippen LogP contribution in [0.25, 0.3) is 11.4 Å². The van der Waals surface area contributed by atoms with Gasteiger partial charge in [0.15, 0.2) is 11.0 Å². The number of allylic oxidation sites excluding steroid dienone is 1. The van der Waals surface area contributed by atoms with Gasteiger partial charge in [0.2, 0.25) is 5.91 Å². The van der Waals surface area contributed by atoms with Crippen LogP contribution in [0.4, 0.5) is 5.00 Å². The number of rotatable bonds is 9. The van der Waals surface area contributed by atoms with Crippen LogP contribution in [-0.4, -0.2) is 44.1 Å². The molecule has 10 heteroatoms. The highest BCUT2D eigenvalue weighted by Gasteiger charge is 2.27. The van der Waals surface area contributed by atoms with Crippen LogP contribution in [0.3, 0.4) is 0 Å². The van der Waals surface area contributed by atoms with Gasteiger partial charge in [0.05, 0.1) is 23.5 Å². The average Bonchev–Trinajstić information content (AvgIpc) is 3.39. The maximum Gasteiger partial charge on any atom is 0.341 e. The Kier molecular flexibility index (Phi) is 7.69. The van der Waals surface area contributed by atoms with E-state index >= 15 is 0 Å². The molecule has 2 N–H and O–H groups in total. The lowest BCUT2D eigenvalue weighted by atomic mass is 9.95. The van der Waals surface area contributed by atoms with E-state index in [1.807, 2.05) is 6.07 Å². The van der Waals surface area contributed by atoms with Crippen molar-refractivity contribution in [1.29, 1.82) is 0 Å². The molecule has 0 bridgehead atoms. The fraction of sp³-hybridized carbons (Fsp3) is 0.333. The zero-order chi connectivity index (χ0) is 24.1. The summed E-state index contributed by atoms with van der Waals surface area (Å²) in [5, 5.41) is 22.7. The maximum atomic E-state index is 12.8. The molecule has 1 amide bonds. The molecule has 3 aromatic rings. The van der Waals surface area contributed by atoms with Gasteiger partial charge in [-0.15, -0.1) is 28.1 Å². The molecule has 0 saturated heterocycles. The predicted octanol–water partition coefficient (Wildman–Crippen LogP) is 4.68. The minimum absolute atomic E-state index is 0.0842. The zero-order valence-electron chi connectivity index (χ0n) is 18.9. The number of hydrogen-bond donors (Lipinski definition) is 2. The number of carbonyl (C=O) groups is 2. The molecule has 8 nitrogen and oxygen atoms in total. The number of benzene rings is 1. The molecule has 0 radical (unpaired) electrons. The number of amides is 1. The molecule has 0 fully saturated rings. The van der Waals surface area contributed by atoms with Gasteiger partial charge in [0, 0.05) is 11.4 Å². The molecule has 2 aromatic heterocycles. The van der Waals surface area contributed by atoms with Gasteiger partial charge >= 0.3 is 5.97 Å². The number of aromatic nitrogens is 3. The van der Waals surface area contributed by atoms with E-state index in [0.717, 1.165) is 36.1 Å². The lowest BCUT2D eigenvalue weighted by Crippen LogP contribution is -2.17. The number of ether oxygens (including phenoxy) is 1. The second kappa shape index (κ2) is 10.9. The first-order chi connectivity index (χ1) is 16.5. The first-order valence-electron chi connectivity index (χ1n) is 11.1. The topological polar surface area (TPSA) is 106 Å². The molecule has 1 aromatic carbocycles. The number of phenols is 1. The van der Waals surface area contributed by atoms with Crippen molar-refractivity contribution < 1.29 is 19.4 Å². The Labute approximate surface area is 206 Å². The molecular weight excluding hydrogens is 472 g/mol. The minimum Gasteiger partial charge on any atom is -0.507 e. The van der Waals surface area contributed by atoms with Crippen LogP contribution in [0.1, 0.15) is 40.6 Å². The molecule has 2 heterocycles. The van der Waals surface area contributed by atoms with Gasteiger partial charge in [-0.25, -0.2) is 4.79 Å². The van der Waals surface area contributed by atoms with Gasteiger partial charge in [-0.2, -0.15) is 0 Å². The van der Waals surface area contributed by atoms with E-state index in [0.29, 0.717) is 33.7 Å². The number of aryl methyl sites for hydroxylation is 1. The summed E-state index contributed by atoms with van der Waals surface area (Å²) in [5.41, 5.74) is 2.06. The number of nitrogens with zero attached hydrogens (tertiary/aromatic N) is 3. The number of aromatic hydroxyl groups is 1. The fourth-order valence-electron chi connectivity index (χ4n) is 3.92. The van der Waals surface area contributed by atoms with Gasteiger partial charge < -0.3 is 15.2 Å². The molecule has 0 unspecified atom stereocenters. The van der Waals surface area contributed by atoms with E-state index in [2.05, 4.69) is 22.1 Å². The predicted molar refractivity (Wildman–Crippen MR) is 134 cm³/mol. The van der Waals surface area contributed by atoms with Crippen molar-refractivity contribution in [3.63, 3.8) is 0 Å². The van der Waals surface area contributed by atoms with Crippen molar-refractivity contribution >= 4 is 40.0 Å². The van der Waals surface area contributed by atoms with Gasteiger partial charge in [-0.1, -0.05) is 30.0 Å². The summed E-state index contributed by atoms with van der Waals surface area (Å²) in [7, 11) is 0. The van der Waals surface area contributed by atoms with Gasteiger partial charge in [-0.05, 0) is 50.3 Å². The van der Waals surface area contributed by atoms with Crippen LogP contribution >= 0.6 is 23.1 Å². The number of thiophene rings is 1. The van der Waals surface area contributed by atoms with E-state index in [-0.39, 0.29) is 30.0 Å². The normalized spacial score (nSPS) is 12.7. The molecule has 0 aliphatic heterocycles. The highest BCUT2D eigenvalue weighted by molar-refractivity contribution is 7.99. The lowest BCUT2D eigenvalue weighted by Gasteiger charge is -2.12. The summed E-state index contributed by atoms with van der Waals surface area (Å²) in [4.78, 5) is 26.6. The van der Waals surface area contributed by atoms with E-state index in [9.17, 15) is 14.7 Å². The van der Waals surface area contributed by atoms with Crippen LogP contribution < -0.4 is 5.32 Å². The Bertz CT molecular complexity index is 1220. The second-order valence-corrected chi connectivity index (χ2v) is 9.74. The van der Waals surface area contributed by atoms with Crippen LogP contribution in [0.5, 0.6) is 5.75 Å². The number of fused-ring (bicyclic) bond motifs is 1. The average molecular weight is 499 g/mol. The summed E-state index contributed by atoms with van der Waals surface area (Å²) in [6, 6.07) is 6.89. The van der Waals surface area contributed by atoms with Gasteiger partial charge in [0.1, 0.15) is 10.8 Å². The summed E-state index contributed by atoms with van der Waals surface area (Å²) >= 11 is 2.70. The number of nitrogens with one attached hydrogen (secondary N) is 1. The summed E-state index contributed by atoms with van der Waals surface area (Å²) in [6.45, 7) is 6.27. The molecule has 0 saturated carbocycles. The van der Waals surface area contributed by atoms with Crippen LogP contribution in [0.2, 0.25) is 0 Å². The number of carbonyl (C=O) groups excluding carboxylic acids is 2. The first kappa shape index (κ1) is 24.0. The Balaban J connectivity index is 1.51. The number of thioether (sulfide) groups is 1. The van der Waals surface area contributed by atoms with Crippen molar-refractivity contribution in [3.8, 4) is 17.1 Å². The number of para-hydroxylation sites is 1. The van der Waals surface area contributed by atoms with Crippen LogP contribution in [0.15, 0.2) is 42.1 Å². The van der Waals surface area contributed by atoms with Gasteiger partial charge in [-0.3, -0.25) is 9.36 Å². The number of esters is 1. The van der Waals surface area contributed by atoms with Crippen molar-refractivity contribution in [3.05, 3.63) is 52.9 Å².